The number of aliphatic hydroxyl groups is 1. The third-order valence-corrected chi connectivity index (χ3v) is 6.97. The molecule has 0 unspecified atom stereocenters. The highest BCUT2D eigenvalue weighted by Crippen LogP contribution is 2.30. The van der Waals surface area contributed by atoms with Crippen LogP contribution in [0.25, 0.3) is 10.9 Å². The molecule has 7 nitrogen and oxygen atoms in total. The Balaban J connectivity index is 1.40. The van der Waals surface area contributed by atoms with Crippen molar-refractivity contribution in [2.75, 3.05) is 20.3 Å². The van der Waals surface area contributed by atoms with E-state index < -0.39 is 6.04 Å². The maximum Gasteiger partial charge on any atom is 0.255 e. The normalized spacial score (nSPS) is 13.3. The lowest BCUT2D eigenvalue weighted by Gasteiger charge is -2.19. The van der Waals surface area contributed by atoms with Crippen LogP contribution >= 0.6 is 0 Å². The molecule has 1 aliphatic heterocycles. The summed E-state index contributed by atoms with van der Waals surface area (Å²) in [6.07, 6.45) is 4.72. The summed E-state index contributed by atoms with van der Waals surface area (Å²) in [6, 6.07) is 14.6. The van der Waals surface area contributed by atoms with E-state index in [1.165, 1.54) is 12.1 Å². The molecule has 40 heavy (non-hydrogen) atoms. The Morgan fingerprint density at radius 1 is 1.05 bits per heavy atom. The number of aliphatic hydroxyl groups excluding tert-OH is 1. The first-order valence-electron chi connectivity index (χ1n) is 13.3. The minimum atomic E-state index is -0.563. The van der Waals surface area contributed by atoms with Crippen LogP contribution in [0.3, 0.4) is 0 Å². The van der Waals surface area contributed by atoms with Crippen molar-refractivity contribution in [2.24, 2.45) is 0 Å². The average molecular weight is 540 g/mol. The molecule has 0 spiro atoms. The molecule has 204 valence electrons. The molecule has 0 fully saturated rings. The molecular weight excluding hydrogens is 509 g/mol. The first kappa shape index (κ1) is 27.0. The van der Waals surface area contributed by atoms with Crippen LogP contribution in [0, 0.1) is 17.7 Å². The number of aromatic amines is 1. The molecule has 1 atom stereocenters. The van der Waals surface area contributed by atoms with E-state index in [0.29, 0.717) is 41.0 Å². The van der Waals surface area contributed by atoms with E-state index >= 15 is 0 Å². The average Bonchev–Trinajstić information content (AvgIpc) is 3.20. The highest BCUT2D eigenvalue weighted by atomic mass is 19.1. The van der Waals surface area contributed by atoms with E-state index in [0.717, 1.165) is 41.3 Å². The Morgan fingerprint density at radius 2 is 1.85 bits per heavy atom. The molecule has 0 bridgehead atoms. The molecule has 0 saturated heterocycles. The van der Waals surface area contributed by atoms with Gasteiger partial charge in [0.1, 0.15) is 11.6 Å². The van der Waals surface area contributed by atoms with Gasteiger partial charge in [0, 0.05) is 40.8 Å². The fourth-order valence-corrected chi connectivity index (χ4v) is 4.89. The fraction of sp³-hybridized carbons (Fsp3) is 0.250. The summed E-state index contributed by atoms with van der Waals surface area (Å²) in [5, 5.41) is 16.5. The lowest BCUT2D eigenvalue weighted by molar-refractivity contribution is 0.0911. The highest BCUT2D eigenvalue weighted by molar-refractivity contribution is 5.98. The van der Waals surface area contributed by atoms with Crippen molar-refractivity contribution in [2.45, 2.75) is 31.7 Å². The zero-order valence-corrected chi connectivity index (χ0v) is 22.1. The quantitative estimate of drug-likeness (QED) is 0.277. The molecule has 4 aromatic rings. The number of carbonyl (C=O) groups is 2. The molecular formula is C32H30FN3O4. The van der Waals surface area contributed by atoms with Crippen LogP contribution < -0.4 is 15.4 Å². The largest absolute Gasteiger partial charge is 0.492 e. The van der Waals surface area contributed by atoms with E-state index in [1.807, 2.05) is 6.07 Å². The van der Waals surface area contributed by atoms with Crippen LogP contribution in [0.4, 0.5) is 4.39 Å². The molecule has 1 aliphatic rings. The Kier molecular flexibility index (Phi) is 8.13. The minimum absolute atomic E-state index is 0.166. The molecule has 0 radical (unpaired) electrons. The van der Waals surface area contributed by atoms with Gasteiger partial charge in [-0.2, -0.15) is 0 Å². The van der Waals surface area contributed by atoms with Crippen LogP contribution in [0.5, 0.6) is 5.75 Å². The monoisotopic (exact) mass is 539 g/mol. The summed E-state index contributed by atoms with van der Waals surface area (Å²) in [7, 11) is 1.58. The Labute approximate surface area is 231 Å². The van der Waals surface area contributed by atoms with Crippen molar-refractivity contribution in [3.63, 3.8) is 0 Å². The molecule has 2 heterocycles. The van der Waals surface area contributed by atoms with Gasteiger partial charge in [-0.05, 0) is 91.4 Å². The number of H-pyrrole nitrogens is 1. The van der Waals surface area contributed by atoms with Crippen molar-refractivity contribution < 1.29 is 23.8 Å². The number of aromatic nitrogens is 1. The number of hydrogen-bond acceptors (Lipinski definition) is 4. The SMILES string of the molecule is CNC(=O)c1ccc(C#Cc2cc3c(c(C(=O)N[C@@H](CO)Cc4c[nH]c5cc(F)ccc45)c2)OCCCC3)cc1. The van der Waals surface area contributed by atoms with E-state index in [4.69, 9.17) is 4.74 Å². The van der Waals surface area contributed by atoms with Crippen LogP contribution in [0.1, 0.15) is 55.8 Å². The van der Waals surface area contributed by atoms with Gasteiger partial charge in [-0.3, -0.25) is 9.59 Å². The molecule has 8 heteroatoms. The highest BCUT2D eigenvalue weighted by Gasteiger charge is 2.23. The lowest BCUT2D eigenvalue weighted by atomic mass is 9.99. The second-order valence-corrected chi connectivity index (χ2v) is 9.79. The van der Waals surface area contributed by atoms with Gasteiger partial charge < -0.3 is 25.5 Å². The van der Waals surface area contributed by atoms with Gasteiger partial charge >= 0.3 is 0 Å². The zero-order valence-electron chi connectivity index (χ0n) is 22.1. The number of hydrogen-bond donors (Lipinski definition) is 4. The number of benzene rings is 3. The Hall–Kier alpha value is -4.61. The molecule has 5 rings (SSSR count). The van der Waals surface area contributed by atoms with Crippen LogP contribution in [-0.4, -0.2) is 48.2 Å². The van der Waals surface area contributed by atoms with E-state index in [1.54, 1.807) is 49.6 Å². The summed E-state index contributed by atoms with van der Waals surface area (Å²) in [6.45, 7) is 0.250. The van der Waals surface area contributed by atoms with Crippen molar-refractivity contribution in [3.05, 3.63) is 100.0 Å². The Morgan fingerprint density at radius 3 is 2.62 bits per heavy atom. The van der Waals surface area contributed by atoms with Gasteiger partial charge in [-0.15, -0.1) is 0 Å². The van der Waals surface area contributed by atoms with Crippen molar-refractivity contribution in [1.29, 1.82) is 0 Å². The molecule has 0 aliphatic carbocycles. The maximum atomic E-state index is 13.6. The third kappa shape index (κ3) is 6.00. The van der Waals surface area contributed by atoms with Crippen LogP contribution in [0.2, 0.25) is 0 Å². The lowest BCUT2D eigenvalue weighted by Crippen LogP contribution is -2.39. The first-order chi connectivity index (χ1) is 19.4. The topological polar surface area (TPSA) is 103 Å². The second kappa shape index (κ2) is 12.1. The summed E-state index contributed by atoms with van der Waals surface area (Å²) in [5.41, 5.74) is 4.78. The predicted octanol–water partition coefficient (Wildman–Crippen LogP) is 4.11. The van der Waals surface area contributed by atoms with Crippen LogP contribution in [-0.2, 0) is 12.8 Å². The molecule has 2 amide bonds. The van der Waals surface area contributed by atoms with E-state index in [-0.39, 0.29) is 24.2 Å². The molecule has 1 aromatic heterocycles. The number of carbonyl (C=O) groups excluding carboxylic acids is 2. The van der Waals surface area contributed by atoms with E-state index in [9.17, 15) is 19.1 Å². The zero-order chi connectivity index (χ0) is 28.1. The van der Waals surface area contributed by atoms with Crippen molar-refractivity contribution in [3.8, 4) is 17.6 Å². The summed E-state index contributed by atoms with van der Waals surface area (Å²) >= 11 is 0. The fourth-order valence-electron chi connectivity index (χ4n) is 4.89. The summed E-state index contributed by atoms with van der Waals surface area (Å²) < 4.78 is 19.6. The number of halogens is 1. The number of amides is 2. The van der Waals surface area contributed by atoms with E-state index in [2.05, 4.69) is 27.5 Å². The number of nitrogens with one attached hydrogen (secondary N) is 3. The number of ether oxygens (including phenoxy) is 1. The Bertz CT molecular complexity index is 1620. The van der Waals surface area contributed by atoms with Gasteiger partial charge in [0.2, 0.25) is 0 Å². The van der Waals surface area contributed by atoms with Gasteiger partial charge in [-0.1, -0.05) is 11.8 Å². The van der Waals surface area contributed by atoms with Crippen molar-refractivity contribution in [1.82, 2.24) is 15.6 Å². The maximum absolute atomic E-state index is 13.6. The predicted molar refractivity (Wildman–Crippen MR) is 151 cm³/mol. The standard InChI is InChI=1S/C32H30FN3O4/c1-34-31(38)22-9-7-20(8-10-22)5-6-21-14-23-4-2-3-13-40-30(23)28(15-21)32(39)36-26(19-37)16-24-18-35-29-17-25(33)11-12-27(24)29/h7-12,14-15,17-18,26,35,37H,2-4,13,16,19H2,1H3,(H,34,38)(H,36,39)/t26-/m1/s1. The third-order valence-electron chi connectivity index (χ3n) is 6.97. The number of aryl methyl sites for hydroxylation is 1. The van der Waals surface area contributed by atoms with Gasteiger partial charge in [0.15, 0.2) is 0 Å². The molecule has 3 aromatic carbocycles. The minimum Gasteiger partial charge on any atom is -0.492 e. The van der Waals surface area contributed by atoms with Gasteiger partial charge in [0.25, 0.3) is 11.8 Å². The summed E-state index contributed by atoms with van der Waals surface area (Å²) in [5.74, 6) is 5.95. The number of fused-ring (bicyclic) bond motifs is 2. The first-order valence-corrected chi connectivity index (χ1v) is 13.3. The van der Waals surface area contributed by atoms with Crippen LogP contribution in [0.15, 0.2) is 60.8 Å². The number of rotatable bonds is 6. The summed E-state index contributed by atoms with van der Waals surface area (Å²) in [4.78, 5) is 28.4. The van der Waals surface area contributed by atoms with Crippen molar-refractivity contribution >= 4 is 22.7 Å². The van der Waals surface area contributed by atoms with Gasteiger partial charge in [-0.25, -0.2) is 4.39 Å². The molecule has 0 saturated carbocycles. The molecule has 4 N–H and O–H groups in total. The smallest absolute Gasteiger partial charge is 0.255 e. The second-order valence-electron chi connectivity index (χ2n) is 9.79. The van der Waals surface area contributed by atoms with Gasteiger partial charge in [0.05, 0.1) is 24.8 Å².